The second-order valence-electron chi connectivity index (χ2n) is 9.05. The van der Waals surface area contributed by atoms with E-state index < -0.39 is 7.12 Å². The van der Waals surface area contributed by atoms with Crippen LogP contribution in [0, 0.1) is 3.57 Å². The van der Waals surface area contributed by atoms with Crippen molar-refractivity contribution >= 4 is 59.5 Å². The minimum absolute atomic E-state index is 0.228. The van der Waals surface area contributed by atoms with Crippen molar-refractivity contribution < 1.29 is 27.7 Å². The molecule has 0 spiro atoms. The lowest BCUT2D eigenvalue weighted by Gasteiger charge is -2.15. The Bertz CT molecular complexity index is 1470. The van der Waals surface area contributed by atoms with E-state index in [2.05, 4.69) is 83.3 Å². The standard InChI is InChI=1S/C13H10O.C9H9BO5.C9H7I/c1-4-10-5-2-7-12(11(10)6-1)13-8-3-9-14-13;11-8-4-1-5-9(12)15-10(14-8)7-3-2-6-13-7;10-9-6-2-4-7-3-1-5-8(7)9/h1-5,7-9H,6H2;2-3,6H,1,4-5H2;1-4,6H,5H2. The van der Waals surface area contributed by atoms with Crippen LogP contribution < -0.4 is 5.66 Å². The fraction of sp³-hybridized carbons (Fsp3) is 0.161. The van der Waals surface area contributed by atoms with Crippen LogP contribution in [-0.4, -0.2) is 19.1 Å². The van der Waals surface area contributed by atoms with Gasteiger partial charge < -0.3 is 18.1 Å². The summed E-state index contributed by atoms with van der Waals surface area (Å²) in [4.78, 5) is 22.4. The van der Waals surface area contributed by atoms with Crippen molar-refractivity contribution in [2.75, 3.05) is 0 Å². The molecule has 196 valence electrons. The van der Waals surface area contributed by atoms with Crippen LogP contribution in [0.5, 0.6) is 0 Å². The Kier molecular flexibility index (Phi) is 8.83. The molecule has 3 heterocycles. The van der Waals surface area contributed by atoms with E-state index in [0.717, 1.165) is 18.6 Å². The van der Waals surface area contributed by atoms with Crippen LogP contribution >= 0.6 is 22.6 Å². The Morgan fingerprint density at radius 2 is 1.33 bits per heavy atom. The van der Waals surface area contributed by atoms with Crippen molar-refractivity contribution in [2.24, 2.45) is 0 Å². The number of hydrogen-bond donors (Lipinski definition) is 0. The molecule has 0 N–H and O–H groups in total. The Balaban J connectivity index is 0.000000121. The molecule has 1 fully saturated rings. The number of rotatable bonds is 2. The average molecular weight is 632 g/mol. The molecule has 0 atom stereocenters. The summed E-state index contributed by atoms with van der Waals surface area (Å²) in [6.07, 6.45) is 15.0. The first kappa shape index (κ1) is 26.8. The summed E-state index contributed by atoms with van der Waals surface area (Å²) in [7, 11) is -1.04. The molecule has 2 aromatic heterocycles. The number of halogens is 1. The number of furan rings is 2. The normalized spacial score (nSPS) is 15.1. The van der Waals surface area contributed by atoms with Crippen LogP contribution in [0.15, 0.2) is 94.2 Å². The van der Waals surface area contributed by atoms with Crippen molar-refractivity contribution in [3.05, 3.63) is 111 Å². The lowest BCUT2D eigenvalue weighted by atomic mass is 9.85. The van der Waals surface area contributed by atoms with Crippen LogP contribution in [0.4, 0.5) is 0 Å². The van der Waals surface area contributed by atoms with E-state index in [0.29, 0.717) is 12.1 Å². The minimum atomic E-state index is -1.04. The molecule has 2 aliphatic carbocycles. The molecule has 3 aliphatic rings. The SMILES string of the molecule is C1=Cc2cccc(-c3ccco3)c2C1.Ic1cccc2c1CC=C2.O=C1CCCC(=O)OB(c2ccco2)O1. The summed E-state index contributed by atoms with van der Waals surface area (Å²) in [5.74, 6) is 0.193. The number of carbonyl (C=O) groups excluding carboxylic acids is 2. The molecule has 0 unspecified atom stereocenters. The molecule has 1 aliphatic heterocycles. The van der Waals surface area contributed by atoms with Crippen molar-refractivity contribution in [1.82, 2.24) is 0 Å². The monoisotopic (exact) mass is 632 g/mol. The topological polar surface area (TPSA) is 78.9 Å². The Hall–Kier alpha value is -3.79. The molecule has 7 rings (SSSR count). The van der Waals surface area contributed by atoms with Gasteiger partial charge >= 0.3 is 7.12 Å². The van der Waals surface area contributed by atoms with Gasteiger partial charge in [0.2, 0.25) is 0 Å². The van der Waals surface area contributed by atoms with Gasteiger partial charge in [-0.05, 0) is 94.4 Å². The smallest absolute Gasteiger partial charge is 0.493 e. The Morgan fingerprint density at radius 1 is 0.692 bits per heavy atom. The number of carbonyl (C=O) groups is 2. The molecule has 0 bridgehead atoms. The largest absolute Gasteiger partial charge is 0.674 e. The van der Waals surface area contributed by atoms with Crippen molar-refractivity contribution in [2.45, 2.75) is 32.1 Å². The van der Waals surface area contributed by atoms with Gasteiger partial charge in [-0.1, -0.05) is 54.6 Å². The molecular weight excluding hydrogens is 606 g/mol. The molecule has 39 heavy (non-hydrogen) atoms. The zero-order valence-corrected chi connectivity index (χ0v) is 23.3. The average Bonchev–Trinajstić information content (AvgIpc) is 3.75. The first-order chi connectivity index (χ1) is 19.1. The molecule has 8 heteroatoms. The second kappa shape index (κ2) is 12.8. The zero-order chi connectivity index (χ0) is 27.0. The quantitative estimate of drug-likeness (QED) is 0.183. The van der Waals surface area contributed by atoms with E-state index >= 15 is 0 Å². The summed E-state index contributed by atoms with van der Waals surface area (Å²) in [5.41, 5.74) is 7.12. The molecule has 0 saturated carbocycles. The molecule has 2 aromatic carbocycles. The van der Waals surface area contributed by atoms with E-state index in [1.165, 1.54) is 37.7 Å². The van der Waals surface area contributed by atoms with Gasteiger partial charge in [-0.3, -0.25) is 9.59 Å². The summed E-state index contributed by atoms with van der Waals surface area (Å²) in [5, 5.41) is 0. The predicted molar refractivity (Wildman–Crippen MR) is 159 cm³/mol. The van der Waals surface area contributed by atoms with Crippen LogP contribution in [-0.2, 0) is 31.7 Å². The van der Waals surface area contributed by atoms with Gasteiger partial charge in [0, 0.05) is 22.0 Å². The first-order valence-electron chi connectivity index (χ1n) is 12.8. The Labute approximate surface area is 241 Å². The van der Waals surface area contributed by atoms with E-state index in [1.54, 1.807) is 18.4 Å². The number of allylic oxidation sites excluding steroid dienone is 2. The lowest BCUT2D eigenvalue weighted by Crippen LogP contribution is -2.41. The van der Waals surface area contributed by atoms with Crippen LogP contribution in [0.1, 0.15) is 41.5 Å². The summed E-state index contributed by atoms with van der Waals surface area (Å²) in [6.45, 7) is 0. The van der Waals surface area contributed by atoms with Crippen LogP contribution in [0.3, 0.4) is 0 Å². The van der Waals surface area contributed by atoms with E-state index in [-0.39, 0.29) is 24.8 Å². The summed E-state index contributed by atoms with van der Waals surface area (Å²) in [6, 6.07) is 19.9. The highest BCUT2D eigenvalue weighted by atomic mass is 127. The highest BCUT2D eigenvalue weighted by Crippen LogP contribution is 2.31. The van der Waals surface area contributed by atoms with Gasteiger partial charge in [0.15, 0.2) is 5.66 Å². The Morgan fingerprint density at radius 3 is 1.97 bits per heavy atom. The third-order valence-electron chi connectivity index (χ3n) is 6.41. The third kappa shape index (κ3) is 6.81. The molecule has 0 amide bonds. The summed E-state index contributed by atoms with van der Waals surface area (Å²) >= 11 is 2.39. The highest BCUT2D eigenvalue weighted by molar-refractivity contribution is 14.1. The van der Waals surface area contributed by atoms with Crippen molar-refractivity contribution in [1.29, 1.82) is 0 Å². The molecule has 0 radical (unpaired) electrons. The van der Waals surface area contributed by atoms with Gasteiger partial charge in [0.25, 0.3) is 11.9 Å². The number of hydrogen-bond acceptors (Lipinski definition) is 6. The van der Waals surface area contributed by atoms with Gasteiger partial charge in [-0.15, -0.1) is 0 Å². The molecule has 6 nitrogen and oxygen atoms in total. The lowest BCUT2D eigenvalue weighted by molar-refractivity contribution is -0.142. The van der Waals surface area contributed by atoms with Gasteiger partial charge in [-0.25, -0.2) is 0 Å². The molecular formula is C31H26BIO6. The number of fused-ring (bicyclic) bond motifs is 2. The predicted octanol–water partition coefficient (Wildman–Crippen LogP) is 6.62. The third-order valence-corrected chi connectivity index (χ3v) is 7.42. The van der Waals surface area contributed by atoms with E-state index in [9.17, 15) is 9.59 Å². The maximum atomic E-state index is 11.2. The fourth-order valence-electron chi connectivity index (χ4n) is 4.50. The number of benzene rings is 2. The van der Waals surface area contributed by atoms with Crippen LogP contribution in [0.2, 0.25) is 0 Å². The maximum Gasteiger partial charge on any atom is 0.674 e. The molecule has 4 aromatic rings. The van der Waals surface area contributed by atoms with E-state index in [1.807, 2.05) is 12.1 Å². The van der Waals surface area contributed by atoms with Crippen LogP contribution in [0.25, 0.3) is 23.5 Å². The van der Waals surface area contributed by atoms with E-state index in [4.69, 9.17) is 18.1 Å². The van der Waals surface area contributed by atoms with Gasteiger partial charge in [0.05, 0.1) is 12.5 Å². The highest BCUT2D eigenvalue weighted by Gasteiger charge is 2.35. The second-order valence-corrected chi connectivity index (χ2v) is 10.2. The minimum Gasteiger partial charge on any atom is -0.493 e. The van der Waals surface area contributed by atoms with Crippen molar-refractivity contribution in [3.8, 4) is 11.3 Å². The summed E-state index contributed by atoms with van der Waals surface area (Å²) < 4.78 is 21.7. The molecule has 1 saturated heterocycles. The fourth-order valence-corrected chi connectivity index (χ4v) is 5.24. The zero-order valence-electron chi connectivity index (χ0n) is 21.2. The van der Waals surface area contributed by atoms with Crippen molar-refractivity contribution in [3.63, 3.8) is 0 Å². The van der Waals surface area contributed by atoms with Gasteiger partial charge in [-0.2, -0.15) is 0 Å². The maximum absolute atomic E-state index is 11.2. The van der Waals surface area contributed by atoms with Gasteiger partial charge in [0.1, 0.15) is 5.76 Å². The first-order valence-corrected chi connectivity index (χ1v) is 13.8.